The second-order valence-electron chi connectivity index (χ2n) is 4.34. The Balaban J connectivity index is 2.07. The minimum Gasteiger partial charge on any atom is -0.383 e. The summed E-state index contributed by atoms with van der Waals surface area (Å²) in [5.74, 6) is 0. The van der Waals surface area contributed by atoms with E-state index in [1.807, 2.05) is 30.6 Å². The lowest BCUT2D eigenvalue weighted by molar-refractivity contribution is 0.162. The fourth-order valence-electron chi connectivity index (χ4n) is 1.99. The molecule has 0 saturated carbocycles. The van der Waals surface area contributed by atoms with Crippen LogP contribution in [-0.4, -0.2) is 23.9 Å². The first-order chi connectivity index (χ1) is 8.81. The number of hydrogen-bond acceptors (Lipinski definition) is 3. The molecule has 0 bridgehead atoms. The molecule has 0 fully saturated rings. The first kappa shape index (κ1) is 12.8. The minimum absolute atomic E-state index is 0.182. The van der Waals surface area contributed by atoms with Crippen LogP contribution < -0.4 is 5.32 Å². The number of hydrogen-bond donors (Lipinski definition) is 2. The van der Waals surface area contributed by atoms with Crippen LogP contribution in [0.3, 0.4) is 0 Å². The highest BCUT2D eigenvalue weighted by Gasteiger charge is 2.15. The third kappa shape index (κ3) is 3.18. The Bertz CT molecular complexity index is 441. The van der Waals surface area contributed by atoms with Crippen LogP contribution in [0.25, 0.3) is 0 Å². The second kappa shape index (κ2) is 6.33. The van der Waals surface area contributed by atoms with Gasteiger partial charge in [-0.3, -0.25) is 5.10 Å². The summed E-state index contributed by atoms with van der Waals surface area (Å²) in [6.07, 6.45) is 3.75. The second-order valence-corrected chi connectivity index (χ2v) is 4.34. The van der Waals surface area contributed by atoms with Gasteiger partial charge in [-0.05, 0) is 12.5 Å². The molecular formula is C14H19N3O. The maximum absolute atomic E-state index is 5.29. The highest BCUT2D eigenvalue weighted by molar-refractivity contribution is 5.20. The number of benzene rings is 1. The summed E-state index contributed by atoms with van der Waals surface area (Å²) in [4.78, 5) is 0. The van der Waals surface area contributed by atoms with E-state index in [4.69, 9.17) is 4.74 Å². The molecule has 96 valence electrons. The van der Waals surface area contributed by atoms with Gasteiger partial charge in [0, 0.05) is 24.9 Å². The molecule has 0 radical (unpaired) electrons. The largest absolute Gasteiger partial charge is 0.383 e. The van der Waals surface area contributed by atoms with Crippen molar-refractivity contribution in [2.75, 3.05) is 13.7 Å². The molecule has 2 rings (SSSR count). The molecule has 2 unspecified atom stereocenters. The predicted molar refractivity (Wildman–Crippen MR) is 71.2 cm³/mol. The van der Waals surface area contributed by atoms with E-state index in [-0.39, 0.29) is 12.1 Å². The van der Waals surface area contributed by atoms with Gasteiger partial charge in [0.1, 0.15) is 0 Å². The van der Waals surface area contributed by atoms with Crippen molar-refractivity contribution in [3.8, 4) is 0 Å². The van der Waals surface area contributed by atoms with Gasteiger partial charge in [-0.25, -0.2) is 0 Å². The normalized spacial score (nSPS) is 14.3. The van der Waals surface area contributed by atoms with E-state index in [0.717, 1.165) is 5.56 Å². The van der Waals surface area contributed by atoms with Gasteiger partial charge in [0.2, 0.25) is 0 Å². The number of aromatic nitrogens is 2. The van der Waals surface area contributed by atoms with E-state index in [9.17, 15) is 0 Å². The lowest BCUT2D eigenvalue weighted by atomic mass is 10.1. The third-order valence-corrected chi connectivity index (χ3v) is 3.01. The summed E-state index contributed by atoms with van der Waals surface area (Å²) in [7, 11) is 1.72. The lowest BCUT2D eigenvalue weighted by Crippen LogP contribution is -2.27. The van der Waals surface area contributed by atoms with Crippen LogP contribution in [0, 0.1) is 0 Å². The van der Waals surface area contributed by atoms with E-state index in [0.29, 0.717) is 6.61 Å². The van der Waals surface area contributed by atoms with Crippen molar-refractivity contribution in [2.45, 2.75) is 19.0 Å². The first-order valence-corrected chi connectivity index (χ1v) is 6.10. The minimum atomic E-state index is 0.182. The summed E-state index contributed by atoms with van der Waals surface area (Å²) in [5, 5.41) is 10.4. The van der Waals surface area contributed by atoms with Gasteiger partial charge in [-0.1, -0.05) is 30.3 Å². The van der Waals surface area contributed by atoms with Crippen molar-refractivity contribution in [3.05, 3.63) is 53.9 Å². The summed E-state index contributed by atoms with van der Waals surface area (Å²) >= 11 is 0. The third-order valence-electron chi connectivity index (χ3n) is 3.01. The Kier molecular flexibility index (Phi) is 4.50. The number of H-pyrrole nitrogens is 1. The number of nitrogens with zero attached hydrogens (tertiary/aromatic N) is 1. The maximum Gasteiger partial charge on any atom is 0.0657 e. The zero-order chi connectivity index (χ0) is 12.8. The molecule has 2 atom stereocenters. The molecule has 1 aromatic heterocycles. The summed E-state index contributed by atoms with van der Waals surface area (Å²) in [6.45, 7) is 2.77. The molecule has 0 amide bonds. The Morgan fingerprint density at radius 3 is 2.67 bits per heavy atom. The number of rotatable bonds is 6. The van der Waals surface area contributed by atoms with Crippen molar-refractivity contribution in [1.29, 1.82) is 0 Å². The molecule has 0 aliphatic rings. The van der Waals surface area contributed by atoms with E-state index in [2.05, 4.69) is 34.6 Å². The van der Waals surface area contributed by atoms with Gasteiger partial charge < -0.3 is 10.1 Å². The van der Waals surface area contributed by atoms with Crippen LogP contribution in [0.15, 0.2) is 42.7 Å². The van der Waals surface area contributed by atoms with E-state index < -0.39 is 0 Å². The van der Waals surface area contributed by atoms with Crippen molar-refractivity contribution in [3.63, 3.8) is 0 Å². The van der Waals surface area contributed by atoms with Crippen LogP contribution >= 0.6 is 0 Å². The molecule has 0 aliphatic heterocycles. The summed E-state index contributed by atoms with van der Waals surface area (Å²) in [5.41, 5.74) is 2.38. The average Bonchev–Trinajstić information content (AvgIpc) is 2.93. The topological polar surface area (TPSA) is 49.9 Å². The predicted octanol–water partition coefficient (Wildman–Crippen LogP) is 2.45. The van der Waals surface area contributed by atoms with Gasteiger partial charge >= 0.3 is 0 Å². The number of aromatic amines is 1. The van der Waals surface area contributed by atoms with Crippen molar-refractivity contribution in [1.82, 2.24) is 15.5 Å². The van der Waals surface area contributed by atoms with Gasteiger partial charge in [-0.2, -0.15) is 5.10 Å². The highest BCUT2D eigenvalue weighted by atomic mass is 16.5. The number of nitrogens with one attached hydrogen (secondary N) is 2. The Morgan fingerprint density at radius 1 is 1.28 bits per heavy atom. The summed E-state index contributed by atoms with van der Waals surface area (Å²) in [6, 6.07) is 10.7. The molecule has 18 heavy (non-hydrogen) atoms. The maximum atomic E-state index is 5.29. The smallest absolute Gasteiger partial charge is 0.0657 e. The van der Waals surface area contributed by atoms with Crippen LogP contribution in [0.2, 0.25) is 0 Å². The quantitative estimate of drug-likeness (QED) is 0.822. The highest BCUT2D eigenvalue weighted by Crippen LogP contribution is 2.19. The van der Waals surface area contributed by atoms with Crippen LogP contribution in [-0.2, 0) is 4.74 Å². The first-order valence-electron chi connectivity index (χ1n) is 6.10. The fraction of sp³-hybridized carbons (Fsp3) is 0.357. The Morgan fingerprint density at radius 2 is 2.06 bits per heavy atom. The zero-order valence-corrected chi connectivity index (χ0v) is 10.8. The van der Waals surface area contributed by atoms with Gasteiger partial charge in [0.05, 0.1) is 18.8 Å². The zero-order valence-electron chi connectivity index (χ0n) is 10.8. The Hall–Kier alpha value is -1.65. The van der Waals surface area contributed by atoms with Crippen molar-refractivity contribution < 1.29 is 4.74 Å². The van der Waals surface area contributed by atoms with Crippen molar-refractivity contribution in [2.24, 2.45) is 0 Å². The molecule has 0 aliphatic carbocycles. The molecule has 2 N–H and O–H groups in total. The van der Waals surface area contributed by atoms with Gasteiger partial charge in [0.15, 0.2) is 0 Å². The molecule has 0 saturated heterocycles. The number of ether oxygens (including phenoxy) is 1. The average molecular weight is 245 g/mol. The molecule has 0 spiro atoms. The standard InChI is InChI=1S/C14H19N3O/c1-11(13-8-15-16-9-13)17-14(10-18-2)12-6-4-3-5-7-12/h3-9,11,14,17H,10H2,1-2H3,(H,15,16). The van der Waals surface area contributed by atoms with Gasteiger partial charge in [-0.15, -0.1) is 0 Å². The molecule has 1 heterocycles. The van der Waals surface area contributed by atoms with Crippen molar-refractivity contribution >= 4 is 0 Å². The molecule has 1 aromatic carbocycles. The van der Waals surface area contributed by atoms with E-state index >= 15 is 0 Å². The molecular weight excluding hydrogens is 226 g/mol. The van der Waals surface area contributed by atoms with Gasteiger partial charge in [0.25, 0.3) is 0 Å². The van der Waals surface area contributed by atoms with Crippen LogP contribution in [0.1, 0.15) is 30.1 Å². The summed E-state index contributed by atoms with van der Waals surface area (Å²) < 4.78 is 5.29. The number of methoxy groups -OCH3 is 1. The SMILES string of the molecule is COCC(NC(C)c1cn[nH]c1)c1ccccc1. The van der Waals surface area contributed by atoms with Crippen LogP contribution in [0.4, 0.5) is 0 Å². The molecule has 4 nitrogen and oxygen atoms in total. The van der Waals surface area contributed by atoms with E-state index in [1.165, 1.54) is 5.56 Å². The molecule has 4 heteroatoms. The monoisotopic (exact) mass is 245 g/mol. The lowest BCUT2D eigenvalue weighted by Gasteiger charge is -2.22. The molecule has 2 aromatic rings. The fourth-order valence-corrected chi connectivity index (χ4v) is 1.99. The van der Waals surface area contributed by atoms with Crippen LogP contribution in [0.5, 0.6) is 0 Å². The Labute approximate surface area is 107 Å². The van der Waals surface area contributed by atoms with E-state index in [1.54, 1.807) is 7.11 Å².